The van der Waals surface area contributed by atoms with E-state index in [1.165, 1.54) is 18.9 Å². The SMILES string of the molecule is FOC(F)(F)C(F)(F)OC12C(F)(F)C3(OC(F)(F)C(F)(F)OF)C(F)(F)C(OC(F)(F)C(F)(F)OF)(C1(F)F)C(F)(F)C(OC(F)(F)C(F)(F)OF)(C2(F)F)C3(F)F. The zero-order valence-electron chi connectivity index (χ0n) is 24.4. The molecule has 40 heteroatoms. The van der Waals surface area contributed by atoms with Crippen LogP contribution < -0.4 is 0 Å². The van der Waals surface area contributed by atoms with Crippen LogP contribution in [0.4, 0.5) is 141 Å². The van der Waals surface area contributed by atoms with Gasteiger partial charge in [0.05, 0.1) is 0 Å². The fourth-order valence-corrected chi connectivity index (χ4v) is 5.81. The maximum atomic E-state index is 16.1. The Bertz CT molecular complexity index is 1300. The molecule has 0 radical (unpaired) electrons. The van der Waals surface area contributed by atoms with Gasteiger partial charge < -0.3 is 0 Å². The molecule has 4 aliphatic carbocycles. The van der Waals surface area contributed by atoms with Crippen LogP contribution >= 0.6 is 0 Å². The Morgan fingerprint density at radius 2 is 0.310 bits per heavy atom. The summed E-state index contributed by atoms with van der Waals surface area (Å²) in [5.41, 5.74) is -39.7. The molecule has 4 saturated carbocycles. The number of halogens is 32. The van der Waals surface area contributed by atoms with Crippen molar-refractivity contribution in [3.8, 4) is 0 Å². The summed E-state index contributed by atoms with van der Waals surface area (Å²) in [7, 11) is 0. The summed E-state index contributed by atoms with van der Waals surface area (Å²) < 4.78 is 471. The Balaban J connectivity index is 3.05. The topological polar surface area (TPSA) is 73.8 Å². The van der Waals surface area contributed by atoms with Crippen molar-refractivity contribution >= 4 is 0 Å². The second kappa shape index (κ2) is 12.1. The normalized spacial score (nSPS) is 33.1. The summed E-state index contributed by atoms with van der Waals surface area (Å²) >= 11 is 0. The lowest BCUT2D eigenvalue weighted by molar-refractivity contribution is -0.697. The highest BCUT2D eigenvalue weighted by Crippen LogP contribution is 2.90. The van der Waals surface area contributed by atoms with Gasteiger partial charge in [0.25, 0.3) is 22.4 Å². The van der Waals surface area contributed by atoms with Crippen LogP contribution in [0.1, 0.15) is 0 Å². The maximum Gasteiger partial charge on any atom is 0.478 e. The summed E-state index contributed by atoms with van der Waals surface area (Å²) in [6.07, 6.45) is -68.5. The Hall–Kier alpha value is -2.56. The van der Waals surface area contributed by atoms with E-state index in [0.29, 0.717) is 0 Å². The van der Waals surface area contributed by atoms with E-state index < -0.39 is 107 Å². The number of hydrogen-bond acceptors (Lipinski definition) is 8. The fraction of sp³-hybridized carbons (Fsp3) is 1.00. The first kappa shape index (κ1) is 49.8. The Morgan fingerprint density at radius 1 is 0.207 bits per heavy atom. The lowest BCUT2D eigenvalue weighted by atomic mass is 9.38. The zero-order chi connectivity index (χ0) is 46.7. The van der Waals surface area contributed by atoms with Gasteiger partial charge in [-0.2, -0.15) is 123 Å². The van der Waals surface area contributed by atoms with E-state index >= 15 is 52.7 Å². The Labute approximate surface area is 288 Å². The number of rotatable bonds is 16. The maximum absolute atomic E-state index is 16.1. The summed E-state index contributed by atoms with van der Waals surface area (Å²) in [4.78, 5) is 3.30. The average molecular weight is 952 g/mol. The molecule has 0 atom stereocenters. The van der Waals surface area contributed by atoms with Crippen molar-refractivity contribution in [3.05, 3.63) is 0 Å². The highest BCUT2D eigenvalue weighted by Gasteiger charge is 3.24. The van der Waals surface area contributed by atoms with Crippen LogP contribution in [0.2, 0.25) is 0 Å². The molecule has 344 valence electrons. The van der Waals surface area contributed by atoms with E-state index in [-0.39, 0.29) is 0 Å². The fourth-order valence-electron chi connectivity index (χ4n) is 5.81. The molecule has 0 aromatic rings. The van der Waals surface area contributed by atoms with E-state index in [4.69, 9.17) is 0 Å². The van der Waals surface area contributed by atoms with Crippen molar-refractivity contribution in [1.29, 1.82) is 0 Å². The predicted molar refractivity (Wildman–Crippen MR) is 93.3 cm³/mol. The Kier molecular flexibility index (Phi) is 10.4. The molecule has 0 spiro atoms. The molecule has 4 bridgehead atoms. The summed E-state index contributed by atoms with van der Waals surface area (Å²) in [6.45, 7) is 0. The highest BCUT2D eigenvalue weighted by atomic mass is 19.4. The molecule has 4 rings (SSSR count). The van der Waals surface area contributed by atoms with Gasteiger partial charge in [0.2, 0.25) is 0 Å². The van der Waals surface area contributed by atoms with E-state index in [1.54, 1.807) is 0 Å². The molecular weight excluding hydrogens is 952 g/mol. The lowest BCUT2D eigenvalue weighted by Crippen LogP contribution is -3.13. The van der Waals surface area contributed by atoms with Crippen LogP contribution in [-0.4, -0.2) is 107 Å². The third kappa shape index (κ3) is 4.67. The van der Waals surface area contributed by atoms with Crippen LogP contribution in [0.3, 0.4) is 0 Å². The first-order valence-corrected chi connectivity index (χ1v) is 12.4. The van der Waals surface area contributed by atoms with Crippen molar-refractivity contribution in [1.82, 2.24) is 0 Å². The highest BCUT2D eigenvalue weighted by molar-refractivity contribution is 5.55. The van der Waals surface area contributed by atoms with Crippen LogP contribution in [0, 0.1) is 0 Å². The van der Waals surface area contributed by atoms with E-state index in [1.807, 2.05) is 0 Å². The first-order valence-electron chi connectivity index (χ1n) is 12.4. The van der Waals surface area contributed by atoms with Crippen molar-refractivity contribution < 1.29 is 180 Å². The molecule has 4 aliphatic rings. The Morgan fingerprint density at radius 3 is 0.397 bits per heavy atom. The number of alkyl halides is 28. The second-order valence-corrected chi connectivity index (χ2v) is 11.0. The molecule has 0 saturated heterocycles. The molecule has 4 fully saturated rings. The molecular formula is C18F32O8. The average Bonchev–Trinajstić information content (AvgIpc) is 3.03. The quantitative estimate of drug-likeness (QED) is 0.142. The first-order chi connectivity index (χ1) is 25.1. The molecule has 0 heterocycles. The van der Waals surface area contributed by atoms with Crippen molar-refractivity contribution in [2.45, 2.75) is 107 Å². The van der Waals surface area contributed by atoms with Gasteiger partial charge >= 0.3 is 84.4 Å². The van der Waals surface area contributed by atoms with Crippen LogP contribution in [0.15, 0.2) is 0 Å². The number of ether oxygens (including phenoxy) is 4. The van der Waals surface area contributed by atoms with Crippen molar-refractivity contribution in [2.75, 3.05) is 0 Å². The summed E-state index contributed by atoms with van der Waals surface area (Å²) in [5, 5.41) is 0. The van der Waals surface area contributed by atoms with Gasteiger partial charge in [-0.3, -0.25) is 18.9 Å². The minimum atomic E-state index is -10.00. The molecule has 0 aromatic heterocycles. The van der Waals surface area contributed by atoms with Crippen molar-refractivity contribution in [2.24, 2.45) is 0 Å². The standard InChI is InChI=1S/C18F32O8/c19-5(20)1(51-11(31,32)15(39,40)55-47)6(21,22)3(53-13(35,36)17(43,44)57-49)8(25,26)2(5,52-12(33,34)16(41,42)56-48)9(27,28)4(7(1,23)24,10(3,29)30)54-14(37,38)18(45,46)58-50. The van der Waals surface area contributed by atoms with Crippen molar-refractivity contribution in [3.63, 3.8) is 0 Å². The van der Waals surface area contributed by atoms with E-state index in [0.717, 1.165) is 19.8 Å². The largest absolute Gasteiger partial charge is 0.478 e. The molecule has 8 nitrogen and oxygen atoms in total. The van der Waals surface area contributed by atoms with E-state index in [9.17, 15) is 88.4 Å². The minimum absolute atomic E-state index is 0.825. The monoisotopic (exact) mass is 952 g/mol. The summed E-state index contributed by atoms with van der Waals surface area (Å²) in [6, 6.07) is 0. The van der Waals surface area contributed by atoms with Gasteiger partial charge in [0, 0.05) is 0 Å². The smallest absolute Gasteiger partial charge is 0.287 e. The van der Waals surface area contributed by atoms with E-state index in [2.05, 4.69) is 0 Å². The van der Waals surface area contributed by atoms with Gasteiger partial charge in [0.1, 0.15) is 0 Å². The second-order valence-electron chi connectivity index (χ2n) is 11.0. The van der Waals surface area contributed by atoms with Gasteiger partial charge in [-0.15, -0.1) is 19.8 Å². The summed E-state index contributed by atoms with van der Waals surface area (Å²) in [5.74, 6) is -60.0. The minimum Gasteiger partial charge on any atom is -0.287 e. The van der Waals surface area contributed by atoms with Gasteiger partial charge in [-0.05, 0) is 18.1 Å². The molecule has 0 N–H and O–H groups in total. The lowest BCUT2D eigenvalue weighted by Gasteiger charge is -2.78. The predicted octanol–water partition coefficient (Wildman–Crippen LogP) is 9.21. The third-order valence-corrected chi connectivity index (χ3v) is 8.17. The number of hydrogen-bond donors (Lipinski definition) is 0. The zero-order valence-corrected chi connectivity index (χ0v) is 24.4. The van der Waals surface area contributed by atoms with Crippen LogP contribution in [0.25, 0.3) is 0 Å². The van der Waals surface area contributed by atoms with Gasteiger partial charge in [-0.25, -0.2) is 0 Å². The molecule has 0 aromatic carbocycles. The molecule has 0 unspecified atom stereocenters. The van der Waals surface area contributed by atoms with Crippen LogP contribution in [-0.2, 0) is 38.7 Å². The molecule has 0 amide bonds. The van der Waals surface area contributed by atoms with Gasteiger partial charge in [-0.1, -0.05) is 0 Å². The third-order valence-electron chi connectivity index (χ3n) is 8.17. The van der Waals surface area contributed by atoms with Gasteiger partial charge in [0.15, 0.2) is 0 Å². The van der Waals surface area contributed by atoms with Crippen LogP contribution in [0.5, 0.6) is 0 Å². The molecule has 0 aliphatic heterocycles. The molecule has 58 heavy (non-hydrogen) atoms.